The van der Waals surface area contributed by atoms with Gasteiger partial charge in [0.2, 0.25) is 13.1 Å². The van der Waals surface area contributed by atoms with Crippen LogP contribution in [0.3, 0.4) is 0 Å². The zero-order valence-electron chi connectivity index (χ0n) is 13.4. The molecule has 2 heterocycles. The van der Waals surface area contributed by atoms with Gasteiger partial charge in [-0.2, -0.15) is 0 Å². The van der Waals surface area contributed by atoms with Crippen LogP contribution in [0.1, 0.15) is 26.2 Å². The highest BCUT2D eigenvalue weighted by molar-refractivity contribution is 5.46. The summed E-state index contributed by atoms with van der Waals surface area (Å²) < 4.78 is 20.8. The van der Waals surface area contributed by atoms with Crippen molar-refractivity contribution in [3.8, 4) is 17.2 Å². The Morgan fingerprint density at radius 2 is 2.09 bits per heavy atom. The number of imidazole rings is 1. The van der Waals surface area contributed by atoms with Gasteiger partial charge in [-0.1, -0.05) is 13.3 Å². The van der Waals surface area contributed by atoms with E-state index in [0.717, 1.165) is 36.8 Å². The molecule has 0 aliphatic carbocycles. The molecule has 1 aliphatic heterocycles. The second-order valence-electron chi connectivity index (χ2n) is 5.46. The van der Waals surface area contributed by atoms with E-state index in [1.165, 1.54) is 12.8 Å². The zero-order chi connectivity index (χ0) is 15.2. The number of aromatic nitrogens is 2. The second-order valence-corrected chi connectivity index (χ2v) is 5.46. The van der Waals surface area contributed by atoms with Crippen molar-refractivity contribution in [2.75, 3.05) is 13.4 Å². The first-order valence-corrected chi connectivity index (χ1v) is 7.92. The van der Waals surface area contributed by atoms with Gasteiger partial charge in [-0.05, 0) is 18.6 Å². The molecule has 0 N–H and O–H groups in total. The average molecular weight is 339 g/mol. The lowest BCUT2D eigenvalue weighted by atomic mass is 10.3. The molecule has 0 radical (unpaired) electrons. The molecule has 0 spiro atoms. The summed E-state index contributed by atoms with van der Waals surface area (Å²) in [4.78, 5) is 0. The molecular formula is C17H23ClN2O3. The van der Waals surface area contributed by atoms with Gasteiger partial charge in [0.1, 0.15) is 18.1 Å². The van der Waals surface area contributed by atoms with E-state index in [-0.39, 0.29) is 12.4 Å². The summed E-state index contributed by atoms with van der Waals surface area (Å²) in [5.74, 6) is 2.38. The van der Waals surface area contributed by atoms with Crippen LogP contribution in [-0.2, 0) is 13.1 Å². The third kappa shape index (κ3) is 4.79. The van der Waals surface area contributed by atoms with E-state index in [1.54, 1.807) is 0 Å². The number of hydrogen-bond acceptors (Lipinski definition) is 3. The summed E-state index contributed by atoms with van der Waals surface area (Å²) >= 11 is 0. The fourth-order valence-corrected chi connectivity index (χ4v) is 2.45. The molecule has 5 nitrogen and oxygen atoms in total. The van der Waals surface area contributed by atoms with Crippen LogP contribution < -0.4 is 31.2 Å². The maximum absolute atomic E-state index is 5.77. The molecule has 2 aromatic rings. The van der Waals surface area contributed by atoms with E-state index < -0.39 is 0 Å². The number of fused-ring (bicyclic) bond motifs is 1. The highest BCUT2D eigenvalue weighted by Gasteiger charge is 2.13. The Kier molecular flexibility index (Phi) is 6.59. The van der Waals surface area contributed by atoms with Crippen molar-refractivity contribution < 1.29 is 31.2 Å². The lowest BCUT2D eigenvalue weighted by molar-refractivity contribution is -0.696. The summed E-state index contributed by atoms with van der Waals surface area (Å²) in [6, 6.07) is 5.69. The van der Waals surface area contributed by atoms with Crippen molar-refractivity contribution in [3.63, 3.8) is 0 Å². The Balaban J connectivity index is 0.00000192. The molecule has 1 aliphatic rings. The van der Waals surface area contributed by atoms with Crippen LogP contribution in [0.5, 0.6) is 17.2 Å². The number of ether oxygens (including phenoxy) is 3. The number of nitrogens with zero attached hydrogens (tertiary/aromatic N) is 2. The van der Waals surface area contributed by atoms with E-state index in [0.29, 0.717) is 13.4 Å². The predicted octanol–water partition coefficient (Wildman–Crippen LogP) is -0.222. The molecule has 0 bridgehead atoms. The Bertz CT molecular complexity index is 616. The number of aryl methyl sites for hydroxylation is 2. The number of hydrogen-bond donors (Lipinski definition) is 0. The van der Waals surface area contributed by atoms with Gasteiger partial charge in [0.05, 0.1) is 19.7 Å². The van der Waals surface area contributed by atoms with E-state index >= 15 is 0 Å². The number of rotatable bonds is 8. The smallest absolute Gasteiger partial charge is 0.243 e. The second kappa shape index (κ2) is 8.67. The fraction of sp³-hybridized carbons (Fsp3) is 0.471. The van der Waals surface area contributed by atoms with Crippen molar-refractivity contribution in [1.82, 2.24) is 4.57 Å². The zero-order valence-corrected chi connectivity index (χ0v) is 14.2. The third-order valence-electron chi connectivity index (χ3n) is 3.69. The summed E-state index contributed by atoms with van der Waals surface area (Å²) in [5, 5.41) is 0. The highest BCUT2D eigenvalue weighted by atomic mass is 35.5. The molecule has 3 rings (SSSR count). The van der Waals surface area contributed by atoms with Gasteiger partial charge < -0.3 is 26.6 Å². The molecule has 23 heavy (non-hydrogen) atoms. The minimum atomic E-state index is 0. The molecule has 0 atom stereocenters. The van der Waals surface area contributed by atoms with Gasteiger partial charge >= 0.3 is 0 Å². The van der Waals surface area contributed by atoms with Crippen molar-refractivity contribution in [1.29, 1.82) is 0 Å². The molecule has 0 fully saturated rings. The average Bonchev–Trinajstić information content (AvgIpc) is 3.18. The number of halogens is 1. The van der Waals surface area contributed by atoms with Gasteiger partial charge in [0.15, 0.2) is 11.5 Å². The lowest BCUT2D eigenvalue weighted by Crippen LogP contribution is -3.00. The first-order chi connectivity index (χ1) is 10.8. The number of benzene rings is 1. The quantitative estimate of drug-likeness (QED) is 0.493. The summed E-state index contributed by atoms with van der Waals surface area (Å²) in [5.41, 5.74) is 0. The van der Waals surface area contributed by atoms with Gasteiger partial charge in [-0.15, -0.1) is 0 Å². The van der Waals surface area contributed by atoms with Crippen LogP contribution in [0.4, 0.5) is 0 Å². The van der Waals surface area contributed by atoms with Crippen LogP contribution in [0.25, 0.3) is 0 Å². The third-order valence-corrected chi connectivity index (χ3v) is 3.69. The van der Waals surface area contributed by atoms with Crippen molar-refractivity contribution in [2.45, 2.75) is 39.3 Å². The minimum Gasteiger partial charge on any atom is -1.00 e. The summed E-state index contributed by atoms with van der Waals surface area (Å²) in [6.45, 7) is 5.25. The van der Waals surface area contributed by atoms with Crippen molar-refractivity contribution >= 4 is 0 Å². The lowest BCUT2D eigenvalue weighted by Gasteiger charge is -2.06. The molecule has 0 amide bonds. The van der Waals surface area contributed by atoms with Crippen LogP contribution in [0.15, 0.2) is 36.9 Å². The Labute approximate surface area is 143 Å². The van der Waals surface area contributed by atoms with Crippen LogP contribution >= 0.6 is 0 Å². The van der Waals surface area contributed by atoms with Gasteiger partial charge in [0, 0.05) is 12.5 Å². The molecule has 1 aromatic carbocycles. The van der Waals surface area contributed by atoms with E-state index in [4.69, 9.17) is 14.2 Å². The molecule has 0 unspecified atom stereocenters. The van der Waals surface area contributed by atoms with Gasteiger partial charge in [-0.25, -0.2) is 9.13 Å². The van der Waals surface area contributed by atoms with Crippen LogP contribution in [-0.4, -0.2) is 18.0 Å². The maximum Gasteiger partial charge on any atom is 0.243 e. The standard InChI is InChI=1S/C17H23N2O3.ClH/c1-2-3-7-18-9-10-19(13-18)8-4-11-20-15-5-6-16-17(12-15)22-14-21-16;/h5-6,9-10,12-13H,2-4,7-8,11,14H2,1H3;1H/q+1;/p-1. The van der Waals surface area contributed by atoms with Crippen LogP contribution in [0.2, 0.25) is 0 Å². The molecule has 0 saturated carbocycles. The molecule has 6 heteroatoms. The van der Waals surface area contributed by atoms with Crippen molar-refractivity contribution in [3.05, 3.63) is 36.9 Å². The van der Waals surface area contributed by atoms with Gasteiger partial charge in [-0.3, -0.25) is 0 Å². The SMILES string of the molecule is CCCCn1cc[n+](CCCOc2ccc3c(c2)OCO3)c1.[Cl-]. The molecule has 0 saturated heterocycles. The topological polar surface area (TPSA) is 36.5 Å². The first kappa shape index (κ1) is 17.5. The molecular weight excluding hydrogens is 316 g/mol. The van der Waals surface area contributed by atoms with Gasteiger partial charge in [0.25, 0.3) is 0 Å². The van der Waals surface area contributed by atoms with Crippen molar-refractivity contribution in [2.24, 2.45) is 0 Å². The fourth-order valence-electron chi connectivity index (χ4n) is 2.45. The largest absolute Gasteiger partial charge is 1.00 e. The Morgan fingerprint density at radius 3 is 2.96 bits per heavy atom. The molecule has 1 aromatic heterocycles. The summed E-state index contributed by atoms with van der Waals surface area (Å²) in [6.07, 6.45) is 9.83. The first-order valence-electron chi connectivity index (χ1n) is 7.92. The van der Waals surface area contributed by atoms with E-state index in [1.807, 2.05) is 18.2 Å². The Hall–Kier alpha value is -1.88. The predicted molar refractivity (Wildman–Crippen MR) is 82.2 cm³/mol. The minimum absolute atomic E-state index is 0. The van der Waals surface area contributed by atoms with E-state index in [9.17, 15) is 0 Å². The maximum atomic E-state index is 5.77. The highest BCUT2D eigenvalue weighted by Crippen LogP contribution is 2.35. The van der Waals surface area contributed by atoms with Crippen LogP contribution in [0, 0.1) is 0 Å². The number of unbranched alkanes of at least 4 members (excludes halogenated alkanes) is 1. The normalized spacial score (nSPS) is 12.0. The van der Waals surface area contributed by atoms with E-state index in [2.05, 4.69) is 34.8 Å². The molecule has 126 valence electrons. The monoisotopic (exact) mass is 338 g/mol. The summed E-state index contributed by atoms with van der Waals surface area (Å²) in [7, 11) is 0. The Morgan fingerprint density at radius 1 is 1.22 bits per heavy atom.